The Morgan fingerprint density at radius 3 is 2.62 bits per heavy atom. The van der Waals surface area contributed by atoms with Crippen LogP contribution in [0.3, 0.4) is 0 Å². The molecular formula is C15H21ClN4S. The molecule has 1 aromatic heterocycles. The van der Waals surface area contributed by atoms with Crippen molar-refractivity contribution in [2.75, 3.05) is 5.73 Å². The number of nitrogens with one attached hydrogen (secondary N) is 1. The number of nitrogen functional groups attached to an aromatic ring is 1. The van der Waals surface area contributed by atoms with Crippen LogP contribution in [0.2, 0.25) is 5.02 Å². The van der Waals surface area contributed by atoms with E-state index in [4.69, 9.17) is 28.2 Å². The molecule has 1 atom stereocenters. The fraction of sp³-hybridized carbons (Fsp3) is 0.400. The van der Waals surface area contributed by atoms with Crippen LogP contribution in [0.25, 0.3) is 0 Å². The Labute approximate surface area is 134 Å². The standard InChI is InChI=1S/C15H21ClN4S/c1-15(2,3)13-8-21-14(19-13)7-12(20-18)10-5-4-9(16)6-11(10)17/h4-6,8,12,20H,7,17-18H2,1-3H3. The lowest BCUT2D eigenvalue weighted by molar-refractivity contribution is 0.542. The molecule has 0 aliphatic heterocycles. The lowest BCUT2D eigenvalue weighted by Crippen LogP contribution is -2.30. The minimum absolute atomic E-state index is 0.0552. The van der Waals surface area contributed by atoms with E-state index in [0.717, 1.165) is 16.3 Å². The molecule has 0 radical (unpaired) electrons. The van der Waals surface area contributed by atoms with Gasteiger partial charge in [-0.2, -0.15) is 0 Å². The molecule has 2 rings (SSSR count). The van der Waals surface area contributed by atoms with Gasteiger partial charge in [0, 0.05) is 27.9 Å². The number of nitrogens with two attached hydrogens (primary N) is 2. The van der Waals surface area contributed by atoms with E-state index < -0.39 is 0 Å². The first-order chi connectivity index (χ1) is 9.81. The molecule has 6 heteroatoms. The zero-order chi connectivity index (χ0) is 15.6. The average Bonchev–Trinajstić information content (AvgIpc) is 2.85. The van der Waals surface area contributed by atoms with Gasteiger partial charge in [-0.05, 0) is 17.7 Å². The third-order valence-corrected chi connectivity index (χ3v) is 4.43. The average molecular weight is 325 g/mol. The molecule has 21 heavy (non-hydrogen) atoms. The second kappa shape index (κ2) is 6.32. The van der Waals surface area contributed by atoms with Crippen LogP contribution in [0.5, 0.6) is 0 Å². The highest BCUT2D eigenvalue weighted by molar-refractivity contribution is 7.09. The molecule has 0 fully saturated rings. The highest BCUT2D eigenvalue weighted by Crippen LogP contribution is 2.29. The molecule has 0 spiro atoms. The van der Waals surface area contributed by atoms with E-state index in [2.05, 4.69) is 31.6 Å². The summed E-state index contributed by atoms with van der Waals surface area (Å²) in [4.78, 5) is 4.70. The fourth-order valence-electron chi connectivity index (χ4n) is 2.05. The molecule has 4 nitrogen and oxygen atoms in total. The van der Waals surface area contributed by atoms with Crippen molar-refractivity contribution in [2.24, 2.45) is 5.84 Å². The zero-order valence-corrected chi connectivity index (χ0v) is 14.1. The summed E-state index contributed by atoms with van der Waals surface area (Å²) in [6.45, 7) is 6.46. The highest BCUT2D eigenvalue weighted by Gasteiger charge is 2.20. The highest BCUT2D eigenvalue weighted by atomic mass is 35.5. The van der Waals surface area contributed by atoms with E-state index in [9.17, 15) is 0 Å². The van der Waals surface area contributed by atoms with Crippen molar-refractivity contribution in [3.8, 4) is 0 Å². The molecule has 5 N–H and O–H groups in total. The fourth-order valence-corrected chi connectivity index (χ4v) is 3.29. The molecule has 1 unspecified atom stereocenters. The molecule has 0 amide bonds. The van der Waals surface area contributed by atoms with E-state index in [1.807, 2.05) is 12.1 Å². The molecule has 0 saturated heterocycles. The topological polar surface area (TPSA) is 77.0 Å². The van der Waals surface area contributed by atoms with Gasteiger partial charge in [0.15, 0.2) is 0 Å². The molecule has 2 aromatic rings. The Morgan fingerprint density at radius 1 is 1.38 bits per heavy atom. The van der Waals surface area contributed by atoms with Gasteiger partial charge in [0.25, 0.3) is 0 Å². The Hall–Kier alpha value is -1.14. The van der Waals surface area contributed by atoms with Crippen LogP contribution < -0.4 is 17.0 Å². The first kappa shape index (κ1) is 16.2. The first-order valence-electron chi connectivity index (χ1n) is 6.77. The molecule has 0 saturated carbocycles. The van der Waals surface area contributed by atoms with Gasteiger partial charge in [-0.15, -0.1) is 11.3 Å². The summed E-state index contributed by atoms with van der Waals surface area (Å²) in [5.74, 6) is 5.69. The van der Waals surface area contributed by atoms with Crippen molar-refractivity contribution < 1.29 is 0 Å². The van der Waals surface area contributed by atoms with Crippen LogP contribution in [0, 0.1) is 0 Å². The summed E-state index contributed by atoms with van der Waals surface area (Å²) < 4.78 is 0. The lowest BCUT2D eigenvalue weighted by atomic mass is 9.93. The zero-order valence-electron chi connectivity index (χ0n) is 12.5. The van der Waals surface area contributed by atoms with Gasteiger partial charge < -0.3 is 5.73 Å². The largest absolute Gasteiger partial charge is 0.398 e. The van der Waals surface area contributed by atoms with E-state index >= 15 is 0 Å². The molecule has 1 heterocycles. The smallest absolute Gasteiger partial charge is 0.0948 e. The maximum absolute atomic E-state index is 6.03. The summed E-state index contributed by atoms with van der Waals surface area (Å²) in [7, 11) is 0. The Morgan fingerprint density at radius 2 is 2.10 bits per heavy atom. The number of benzene rings is 1. The summed E-state index contributed by atoms with van der Waals surface area (Å²) in [6, 6.07) is 5.38. The van der Waals surface area contributed by atoms with Crippen molar-refractivity contribution >= 4 is 28.6 Å². The van der Waals surface area contributed by atoms with Crippen molar-refractivity contribution in [3.05, 3.63) is 44.9 Å². The number of anilines is 1. The normalized spacial score (nSPS) is 13.4. The van der Waals surface area contributed by atoms with E-state index in [-0.39, 0.29) is 11.5 Å². The van der Waals surface area contributed by atoms with Crippen LogP contribution in [-0.4, -0.2) is 4.98 Å². The maximum Gasteiger partial charge on any atom is 0.0948 e. The number of nitrogens with zero attached hydrogens (tertiary/aromatic N) is 1. The first-order valence-corrected chi connectivity index (χ1v) is 8.03. The van der Waals surface area contributed by atoms with Crippen LogP contribution in [0.15, 0.2) is 23.6 Å². The van der Waals surface area contributed by atoms with Crippen LogP contribution in [0.4, 0.5) is 5.69 Å². The van der Waals surface area contributed by atoms with Crippen LogP contribution >= 0.6 is 22.9 Å². The Bertz CT molecular complexity index is 618. The third kappa shape index (κ3) is 3.95. The number of hydrogen-bond donors (Lipinski definition) is 3. The number of aromatic nitrogens is 1. The minimum atomic E-state index is -0.0822. The molecular weight excluding hydrogens is 304 g/mol. The van der Waals surface area contributed by atoms with Gasteiger partial charge in [-0.1, -0.05) is 38.4 Å². The predicted molar refractivity (Wildman–Crippen MR) is 90.4 cm³/mol. The van der Waals surface area contributed by atoms with Crippen molar-refractivity contribution in [1.82, 2.24) is 10.4 Å². The summed E-state index contributed by atoms with van der Waals surface area (Å²) in [5.41, 5.74) is 11.6. The predicted octanol–water partition coefficient (Wildman–Crippen LogP) is 3.42. The Balaban J connectivity index is 2.21. The van der Waals surface area contributed by atoms with Gasteiger partial charge >= 0.3 is 0 Å². The van der Waals surface area contributed by atoms with Gasteiger partial charge in [0.2, 0.25) is 0 Å². The number of rotatable bonds is 4. The summed E-state index contributed by atoms with van der Waals surface area (Å²) in [5, 5.41) is 3.77. The van der Waals surface area contributed by atoms with Crippen LogP contribution in [0.1, 0.15) is 43.1 Å². The quantitative estimate of drug-likeness (QED) is 0.457. The van der Waals surface area contributed by atoms with Gasteiger partial charge in [0.05, 0.1) is 16.7 Å². The second-order valence-corrected chi connectivity index (χ2v) is 7.45. The lowest BCUT2D eigenvalue weighted by Gasteiger charge is -2.18. The van der Waals surface area contributed by atoms with Crippen molar-refractivity contribution in [2.45, 2.75) is 38.6 Å². The third-order valence-electron chi connectivity index (χ3n) is 3.32. The summed E-state index contributed by atoms with van der Waals surface area (Å²) >= 11 is 7.59. The number of thiazole rings is 1. The maximum atomic E-state index is 6.03. The van der Waals surface area contributed by atoms with Crippen molar-refractivity contribution in [1.29, 1.82) is 0 Å². The van der Waals surface area contributed by atoms with E-state index in [1.165, 1.54) is 0 Å². The van der Waals surface area contributed by atoms with E-state index in [0.29, 0.717) is 17.1 Å². The SMILES string of the molecule is CC(C)(C)c1csc(CC(NN)c2ccc(Cl)cc2N)n1. The van der Waals surface area contributed by atoms with Crippen LogP contribution in [-0.2, 0) is 11.8 Å². The van der Waals surface area contributed by atoms with Gasteiger partial charge in [-0.25, -0.2) is 4.98 Å². The molecule has 0 bridgehead atoms. The molecule has 114 valence electrons. The molecule has 0 aliphatic carbocycles. The molecule has 1 aromatic carbocycles. The number of hydrogen-bond acceptors (Lipinski definition) is 5. The number of halogens is 1. The Kier molecular flexibility index (Phi) is 4.88. The monoisotopic (exact) mass is 324 g/mol. The second-order valence-electron chi connectivity index (χ2n) is 6.07. The van der Waals surface area contributed by atoms with Gasteiger partial charge in [0.1, 0.15) is 0 Å². The number of hydrazine groups is 1. The van der Waals surface area contributed by atoms with Crippen molar-refractivity contribution in [3.63, 3.8) is 0 Å². The minimum Gasteiger partial charge on any atom is -0.398 e. The summed E-state index contributed by atoms with van der Waals surface area (Å²) in [6.07, 6.45) is 0.697. The molecule has 0 aliphatic rings. The van der Waals surface area contributed by atoms with Gasteiger partial charge in [-0.3, -0.25) is 11.3 Å². The van der Waals surface area contributed by atoms with E-state index in [1.54, 1.807) is 17.4 Å².